The molecule has 0 radical (unpaired) electrons. The van der Waals surface area contributed by atoms with Crippen LogP contribution in [0.5, 0.6) is 5.75 Å². The maximum atomic E-state index is 13.2. The summed E-state index contributed by atoms with van der Waals surface area (Å²) in [4.78, 5) is 26.7. The summed E-state index contributed by atoms with van der Waals surface area (Å²) in [7, 11) is 1.61. The fourth-order valence-corrected chi connectivity index (χ4v) is 3.66. The van der Waals surface area contributed by atoms with Crippen LogP contribution in [0.1, 0.15) is 39.8 Å². The standard InChI is InChI=1S/C24H27N5O3/c1-6-7-17-21-18(28-22(25)27-17)10-9-16(26-21)20-13-14-12-15(31-5)8-11-19(14)29(20)23(30)32-24(2,3)4/h8-13H,6-7H2,1-5H3,(H2,25,27,28). The predicted octanol–water partition coefficient (Wildman–Crippen LogP) is 4.97. The number of pyridine rings is 1. The van der Waals surface area contributed by atoms with Crippen molar-refractivity contribution in [2.24, 2.45) is 0 Å². The molecule has 3 heterocycles. The van der Waals surface area contributed by atoms with Gasteiger partial charge in [0.15, 0.2) is 0 Å². The zero-order chi connectivity index (χ0) is 23.0. The molecule has 166 valence electrons. The van der Waals surface area contributed by atoms with Crippen molar-refractivity contribution in [1.29, 1.82) is 0 Å². The second-order valence-corrected chi connectivity index (χ2v) is 8.61. The van der Waals surface area contributed by atoms with E-state index in [-0.39, 0.29) is 5.95 Å². The van der Waals surface area contributed by atoms with E-state index in [1.54, 1.807) is 11.7 Å². The number of ether oxygens (including phenoxy) is 2. The zero-order valence-corrected chi connectivity index (χ0v) is 19.0. The van der Waals surface area contributed by atoms with Gasteiger partial charge in [0.2, 0.25) is 5.95 Å². The van der Waals surface area contributed by atoms with Gasteiger partial charge in [-0.3, -0.25) is 0 Å². The Hall–Kier alpha value is -3.68. The molecule has 0 atom stereocenters. The summed E-state index contributed by atoms with van der Waals surface area (Å²) in [5.41, 5.74) is 9.31. The Bertz CT molecular complexity index is 1320. The van der Waals surface area contributed by atoms with Gasteiger partial charge < -0.3 is 15.2 Å². The molecule has 0 unspecified atom stereocenters. The van der Waals surface area contributed by atoms with Crippen molar-refractivity contribution in [2.45, 2.75) is 46.1 Å². The quantitative estimate of drug-likeness (QED) is 0.484. The van der Waals surface area contributed by atoms with Gasteiger partial charge in [0, 0.05) is 5.39 Å². The summed E-state index contributed by atoms with van der Waals surface area (Å²) in [5, 5.41) is 0.842. The number of hydrogen-bond donors (Lipinski definition) is 1. The molecule has 0 saturated carbocycles. The van der Waals surface area contributed by atoms with E-state index in [1.807, 2.05) is 57.2 Å². The monoisotopic (exact) mass is 433 g/mol. The van der Waals surface area contributed by atoms with Crippen molar-refractivity contribution >= 4 is 34.0 Å². The third-order valence-electron chi connectivity index (χ3n) is 4.97. The van der Waals surface area contributed by atoms with Crippen LogP contribution in [0.4, 0.5) is 10.7 Å². The lowest BCUT2D eigenvalue weighted by Crippen LogP contribution is -2.27. The minimum Gasteiger partial charge on any atom is -0.497 e. The zero-order valence-electron chi connectivity index (χ0n) is 19.0. The van der Waals surface area contributed by atoms with Crippen molar-refractivity contribution in [3.63, 3.8) is 0 Å². The number of benzene rings is 1. The smallest absolute Gasteiger partial charge is 0.419 e. The van der Waals surface area contributed by atoms with E-state index in [0.29, 0.717) is 33.7 Å². The molecule has 8 nitrogen and oxygen atoms in total. The van der Waals surface area contributed by atoms with E-state index in [1.165, 1.54) is 0 Å². The van der Waals surface area contributed by atoms with Crippen molar-refractivity contribution in [2.75, 3.05) is 12.8 Å². The van der Waals surface area contributed by atoms with Gasteiger partial charge in [0.25, 0.3) is 0 Å². The number of rotatable bonds is 4. The van der Waals surface area contributed by atoms with Crippen LogP contribution < -0.4 is 10.5 Å². The molecule has 8 heteroatoms. The summed E-state index contributed by atoms with van der Waals surface area (Å²) in [5.74, 6) is 0.927. The fraction of sp³-hybridized carbons (Fsp3) is 0.333. The highest BCUT2D eigenvalue weighted by Crippen LogP contribution is 2.32. The Morgan fingerprint density at radius 2 is 1.88 bits per heavy atom. The maximum Gasteiger partial charge on any atom is 0.419 e. The molecule has 3 aromatic heterocycles. The van der Waals surface area contributed by atoms with E-state index in [9.17, 15) is 4.79 Å². The molecule has 0 aliphatic carbocycles. The molecule has 0 amide bonds. The van der Waals surface area contributed by atoms with E-state index in [2.05, 4.69) is 16.9 Å². The lowest BCUT2D eigenvalue weighted by Gasteiger charge is -2.21. The van der Waals surface area contributed by atoms with E-state index < -0.39 is 11.7 Å². The number of aromatic nitrogens is 4. The topological polar surface area (TPSA) is 105 Å². The first-order valence-electron chi connectivity index (χ1n) is 10.6. The molecule has 32 heavy (non-hydrogen) atoms. The third-order valence-corrected chi connectivity index (χ3v) is 4.97. The molecule has 0 fully saturated rings. The van der Waals surface area contributed by atoms with Crippen LogP contribution in [-0.4, -0.2) is 38.3 Å². The highest BCUT2D eigenvalue weighted by molar-refractivity contribution is 5.97. The number of fused-ring (bicyclic) bond motifs is 2. The third kappa shape index (κ3) is 4.08. The van der Waals surface area contributed by atoms with Crippen LogP contribution in [0.15, 0.2) is 36.4 Å². The number of aryl methyl sites for hydroxylation is 1. The van der Waals surface area contributed by atoms with Gasteiger partial charge in [-0.2, -0.15) is 0 Å². The van der Waals surface area contributed by atoms with Crippen LogP contribution >= 0.6 is 0 Å². The summed E-state index contributed by atoms with van der Waals surface area (Å²) in [6.45, 7) is 7.59. The van der Waals surface area contributed by atoms with Crippen LogP contribution in [0, 0.1) is 0 Å². The Morgan fingerprint density at radius 3 is 2.56 bits per heavy atom. The predicted molar refractivity (Wildman–Crippen MR) is 125 cm³/mol. The molecule has 0 aliphatic rings. The van der Waals surface area contributed by atoms with Gasteiger partial charge in [0.05, 0.1) is 35.2 Å². The van der Waals surface area contributed by atoms with Crippen LogP contribution in [0.2, 0.25) is 0 Å². The molecular formula is C24H27N5O3. The van der Waals surface area contributed by atoms with E-state index in [0.717, 1.165) is 23.9 Å². The molecule has 0 aliphatic heterocycles. The SMILES string of the molecule is CCCc1nc(N)nc2ccc(-c3cc4cc(OC)ccc4n3C(=O)OC(C)(C)C)nc12. The second kappa shape index (κ2) is 8.11. The molecule has 0 saturated heterocycles. The fourth-order valence-electron chi connectivity index (χ4n) is 3.66. The molecule has 4 aromatic rings. The Balaban J connectivity index is 1.95. The highest BCUT2D eigenvalue weighted by atomic mass is 16.6. The van der Waals surface area contributed by atoms with Gasteiger partial charge >= 0.3 is 6.09 Å². The molecular weight excluding hydrogens is 406 g/mol. The number of hydrogen-bond acceptors (Lipinski definition) is 7. The number of nitrogen functional groups attached to an aromatic ring is 1. The Labute approximate surface area is 186 Å². The van der Waals surface area contributed by atoms with Gasteiger partial charge in [-0.05, 0) is 63.6 Å². The molecule has 1 aromatic carbocycles. The van der Waals surface area contributed by atoms with Crippen molar-refractivity contribution in [3.8, 4) is 17.1 Å². The van der Waals surface area contributed by atoms with E-state index in [4.69, 9.17) is 20.2 Å². The lowest BCUT2D eigenvalue weighted by atomic mass is 10.1. The number of methoxy groups -OCH3 is 1. The molecule has 0 bridgehead atoms. The minimum absolute atomic E-state index is 0.227. The van der Waals surface area contributed by atoms with Gasteiger partial charge in [0.1, 0.15) is 16.9 Å². The first-order chi connectivity index (χ1) is 15.2. The summed E-state index contributed by atoms with van der Waals surface area (Å²) >= 11 is 0. The normalized spacial score (nSPS) is 11.8. The van der Waals surface area contributed by atoms with Gasteiger partial charge in [-0.1, -0.05) is 13.3 Å². The Kier molecular flexibility index (Phi) is 5.46. The van der Waals surface area contributed by atoms with Crippen molar-refractivity contribution < 1.29 is 14.3 Å². The maximum absolute atomic E-state index is 13.2. The van der Waals surface area contributed by atoms with Crippen molar-refractivity contribution in [3.05, 3.63) is 42.1 Å². The largest absolute Gasteiger partial charge is 0.497 e. The number of carbonyl (C=O) groups is 1. The average Bonchev–Trinajstić information content (AvgIpc) is 3.11. The first kappa shape index (κ1) is 21.5. The van der Waals surface area contributed by atoms with Gasteiger partial charge in [-0.15, -0.1) is 0 Å². The Morgan fingerprint density at radius 1 is 1.09 bits per heavy atom. The highest BCUT2D eigenvalue weighted by Gasteiger charge is 2.24. The lowest BCUT2D eigenvalue weighted by molar-refractivity contribution is 0.0547. The minimum atomic E-state index is -0.645. The van der Waals surface area contributed by atoms with E-state index >= 15 is 0 Å². The number of carbonyl (C=O) groups excluding carboxylic acids is 1. The summed E-state index contributed by atoms with van der Waals surface area (Å²) in [6, 6.07) is 11.1. The molecule has 0 spiro atoms. The number of nitrogens with two attached hydrogens (primary N) is 1. The summed E-state index contributed by atoms with van der Waals surface area (Å²) in [6.07, 6.45) is 1.15. The molecule has 2 N–H and O–H groups in total. The second-order valence-electron chi connectivity index (χ2n) is 8.61. The average molecular weight is 434 g/mol. The van der Waals surface area contributed by atoms with Crippen molar-refractivity contribution in [1.82, 2.24) is 19.5 Å². The molecule has 4 rings (SSSR count). The number of nitrogens with zero attached hydrogens (tertiary/aromatic N) is 4. The van der Waals surface area contributed by atoms with Crippen LogP contribution in [0.25, 0.3) is 33.3 Å². The number of anilines is 1. The summed E-state index contributed by atoms with van der Waals surface area (Å²) < 4.78 is 12.6. The van der Waals surface area contributed by atoms with Gasteiger partial charge in [-0.25, -0.2) is 24.3 Å². The first-order valence-corrected chi connectivity index (χ1v) is 10.6. The van der Waals surface area contributed by atoms with Crippen LogP contribution in [-0.2, 0) is 11.2 Å². The van der Waals surface area contributed by atoms with Crippen LogP contribution in [0.3, 0.4) is 0 Å².